The first-order chi connectivity index (χ1) is 13.2. The van der Waals surface area contributed by atoms with Gasteiger partial charge in [0, 0.05) is 31.7 Å². The van der Waals surface area contributed by atoms with Gasteiger partial charge in [-0.1, -0.05) is 6.07 Å². The number of pyridine rings is 1. The molecule has 3 rings (SSSR count). The third kappa shape index (κ3) is 5.85. The summed E-state index contributed by atoms with van der Waals surface area (Å²) >= 11 is 1.79. The molecule has 0 saturated carbocycles. The maximum absolute atomic E-state index is 12.6. The number of carbonyl (C=O) groups is 2. The van der Waals surface area contributed by atoms with Crippen molar-refractivity contribution in [2.45, 2.75) is 25.0 Å². The largest absolute Gasteiger partial charge is 0.468 e. The number of amides is 2. The molecule has 144 valence electrons. The first-order valence-electron chi connectivity index (χ1n) is 9.32. The van der Waals surface area contributed by atoms with Crippen LogP contribution in [0.5, 0.6) is 0 Å². The van der Waals surface area contributed by atoms with Crippen molar-refractivity contribution in [2.75, 3.05) is 25.4 Å². The van der Waals surface area contributed by atoms with Gasteiger partial charge in [-0.15, -0.1) is 0 Å². The number of thioether (sulfide) groups is 1. The predicted molar refractivity (Wildman–Crippen MR) is 106 cm³/mol. The van der Waals surface area contributed by atoms with Crippen LogP contribution in [-0.4, -0.2) is 47.1 Å². The molecule has 0 aliphatic carbocycles. The Bertz CT molecular complexity index is 721. The molecule has 2 amide bonds. The highest BCUT2D eigenvalue weighted by molar-refractivity contribution is 7.98. The van der Waals surface area contributed by atoms with E-state index in [0.717, 1.165) is 36.5 Å². The monoisotopic (exact) mass is 387 g/mol. The van der Waals surface area contributed by atoms with Gasteiger partial charge in [-0.2, -0.15) is 11.8 Å². The first kappa shape index (κ1) is 19.5. The maximum atomic E-state index is 12.6. The van der Waals surface area contributed by atoms with E-state index in [0.29, 0.717) is 25.3 Å². The van der Waals surface area contributed by atoms with Gasteiger partial charge in [-0.05, 0) is 49.3 Å². The molecular formula is C20H25N3O3S. The average molecular weight is 388 g/mol. The summed E-state index contributed by atoms with van der Waals surface area (Å²) in [6.45, 7) is 1.80. The molecule has 1 saturated heterocycles. The molecule has 0 spiro atoms. The molecule has 1 aliphatic rings. The Morgan fingerprint density at radius 2 is 2.22 bits per heavy atom. The number of ketones is 1. The summed E-state index contributed by atoms with van der Waals surface area (Å²) < 4.78 is 5.29. The second-order valence-electron chi connectivity index (χ2n) is 6.58. The fraction of sp³-hybridized carbons (Fsp3) is 0.450. The zero-order chi connectivity index (χ0) is 18.9. The topological polar surface area (TPSA) is 75.4 Å². The highest BCUT2D eigenvalue weighted by atomic mass is 32.2. The molecule has 1 fully saturated rings. The van der Waals surface area contributed by atoms with Crippen LogP contribution in [0.25, 0.3) is 0 Å². The molecule has 27 heavy (non-hydrogen) atoms. The Kier molecular flexibility index (Phi) is 7.33. The highest BCUT2D eigenvalue weighted by Gasteiger charge is 2.29. The third-order valence-electron chi connectivity index (χ3n) is 4.56. The molecule has 1 aliphatic heterocycles. The Morgan fingerprint density at radius 1 is 1.30 bits per heavy atom. The summed E-state index contributed by atoms with van der Waals surface area (Å²) in [7, 11) is 0. The number of urea groups is 1. The minimum absolute atomic E-state index is 0.0300. The van der Waals surface area contributed by atoms with E-state index in [1.165, 1.54) is 0 Å². The molecule has 1 N–H and O–H groups in total. The number of piperidine rings is 1. The van der Waals surface area contributed by atoms with E-state index in [4.69, 9.17) is 4.42 Å². The number of nitrogens with one attached hydrogen (secondary N) is 1. The van der Waals surface area contributed by atoms with Gasteiger partial charge in [0.1, 0.15) is 11.5 Å². The van der Waals surface area contributed by atoms with Crippen LogP contribution in [0.2, 0.25) is 0 Å². The van der Waals surface area contributed by atoms with Crippen LogP contribution in [0.15, 0.2) is 47.2 Å². The highest BCUT2D eigenvalue weighted by Crippen LogP contribution is 2.20. The van der Waals surface area contributed by atoms with Gasteiger partial charge < -0.3 is 14.6 Å². The number of rotatable bonds is 8. The zero-order valence-electron chi connectivity index (χ0n) is 15.3. The van der Waals surface area contributed by atoms with Gasteiger partial charge in [0.25, 0.3) is 0 Å². The van der Waals surface area contributed by atoms with Crippen LogP contribution in [0.3, 0.4) is 0 Å². The molecule has 0 bridgehead atoms. The second-order valence-corrected chi connectivity index (χ2v) is 7.69. The van der Waals surface area contributed by atoms with E-state index in [1.807, 2.05) is 18.2 Å². The molecule has 7 heteroatoms. The lowest BCUT2D eigenvalue weighted by molar-refractivity contribution is 0.0840. The van der Waals surface area contributed by atoms with Gasteiger partial charge in [0.2, 0.25) is 0 Å². The summed E-state index contributed by atoms with van der Waals surface area (Å²) in [5, 5.41) is 2.97. The molecule has 0 radical (unpaired) electrons. The third-order valence-corrected chi connectivity index (χ3v) is 5.63. The molecule has 2 aromatic rings. The maximum Gasteiger partial charge on any atom is 0.317 e. The summed E-state index contributed by atoms with van der Waals surface area (Å²) in [6, 6.07) is 9.13. The summed E-state index contributed by atoms with van der Waals surface area (Å²) in [5.41, 5.74) is 0.485. The van der Waals surface area contributed by atoms with Crippen LogP contribution in [0.4, 0.5) is 4.79 Å². The van der Waals surface area contributed by atoms with E-state index in [2.05, 4.69) is 10.3 Å². The number of carbonyl (C=O) groups excluding carboxylic acids is 2. The normalized spacial score (nSPS) is 16.9. The van der Waals surface area contributed by atoms with Crippen LogP contribution in [-0.2, 0) is 5.75 Å². The minimum atomic E-state index is -0.164. The molecule has 0 unspecified atom stereocenters. The number of hydrogen-bond acceptors (Lipinski definition) is 5. The van der Waals surface area contributed by atoms with E-state index in [-0.39, 0.29) is 17.7 Å². The average Bonchev–Trinajstić information content (AvgIpc) is 3.24. The summed E-state index contributed by atoms with van der Waals surface area (Å²) in [6.07, 6.45) is 5.87. The van der Waals surface area contributed by atoms with Crippen molar-refractivity contribution in [2.24, 2.45) is 5.92 Å². The number of Topliss-reactive ketones (excluding diaryl/α,β-unsaturated/α-hetero) is 1. The Morgan fingerprint density at radius 3 is 3.00 bits per heavy atom. The van der Waals surface area contributed by atoms with Crippen molar-refractivity contribution in [3.63, 3.8) is 0 Å². The Labute approximate surface area is 163 Å². The Hall–Kier alpha value is -2.28. The summed E-state index contributed by atoms with van der Waals surface area (Å²) in [4.78, 5) is 30.9. The zero-order valence-corrected chi connectivity index (χ0v) is 16.1. The van der Waals surface area contributed by atoms with E-state index >= 15 is 0 Å². The smallest absolute Gasteiger partial charge is 0.317 e. The Balaban J connectivity index is 1.36. The van der Waals surface area contributed by atoms with Crippen molar-refractivity contribution in [3.8, 4) is 0 Å². The number of likely N-dealkylation sites (tertiary alicyclic amines) is 1. The molecule has 0 aromatic carbocycles. The van der Waals surface area contributed by atoms with E-state index in [1.54, 1.807) is 41.3 Å². The first-order valence-corrected chi connectivity index (χ1v) is 10.5. The van der Waals surface area contributed by atoms with Crippen molar-refractivity contribution >= 4 is 23.6 Å². The number of nitrogens with zero attached hydrogens (tertiary/aromatic N) is 2. The van der Waals surface area contributed by atoms with Crippen LogP contribution in [0, 0.1) is 5.92 Å². The lowest BCUT2D eigenvalue weighted by atomic mass is 9.92. The van der Waals surface area contributed by atoms with Crippen molar-refractivity contribution in [1.29, 1.82) is 0 Å². The lowest BCUT2D eigenvalue weighted by Gasteiger charge is -2.31. The van der Waals surface area contributed by atoms with Crippen LogP contribution < -0.4 is 5.32 Å². The number of hydrogen-bond donors (Lipinski definition) is 1. The van der Waals surface area contributed by atoms with Crippen molar-refractivity contribution in [3.05, 3.63) is 54.2 Å². The predicted octanol–water partition coefficient (Wildman–Crippen LogP) is 3.60. The molecule has 1 atom stereocenters. The van der Waals surface area contributed by atoms with Gasteiger partial charge in [0.15, 0.2) is 5.78 Å². The van der Waals surface area contributed by atoms with E-state index < -0.39 is 0 Å². The fourth-order valence-corrected chi connectivity index (χ4v) is 4.00. The summed E-state index contributed by atoms with van der Waals surface area (Å²) in [5.74, 6) is 2.65. The minimum Gasteiger partial charge on any atom is -0.468 e. The van der Waals surface area contributed by atoms with Gasteiger partial charge >= 0.3 is 6.03 Å². The number of furan rings is 1. The fourth-order valence-electron chi connectivity index (χ4n) is 3.14. The van der Waals surface area contributed by atoms with Crippen LogP contribution >= 0.6 is 11.8 Å². The SMILES string of the molecule is O=C(c1ccccn1)[C@@H]1CCCN(C(=O)NCCCSCc2ccco2)C1. The van der Waals surface area contributed by atoms with Crippen LogP contribution in [0.1, 0.15) is 35.5 Å². The number of aromatic nitrogens is 1. The molecule has 3 heterocycles. The standard InChI is InChI=1S/C20H25N3O3S/c24-19(18-8-1-2-9-21-18)16-6-3-11-23(14-16)20(25)22-10-5-13-27-15-17-7-4-12-26-17/h1-2,4,7-9,12,16H,3,5-6,10-11,13-15H2,(H,22,25)/t16-/m1/s1. The van der Waals surface area contributed by atoms with Crippen molar-refractivity contribution < 1.29 is 14.0 Å². The van der Waals surface area contributed by atoms with Gasteiger partial charge in [-0.3, -0.25) is 9.78 Å². The van der Waals surface area contributed by atoms with Gasteiger partial charge in [0.05, 0.1) is 12.0 Å². The molecule has 6 nitrogen and oxygen atoms in total. The lowest BCUT2D eigenvalue weighted by Crippen LogP contribution is -2.47. The quantitative estimate of drug-likeness (QED) is 0.553. The molecule has 2 aromatic heterocycles. The van der Waals surface area contributed by atoms with Crippen molar-refractivity contribution in [1.82, 2.24) is 15.2 Å². The molecular weight excluding hydrogens is 362 g/mol. The van der Waals surface area contributed by atoms with E-state index in [9.17, 15) is 9.59 Å². The second kappa shape index (κ2) is 10.2. The van der Waals surface area contributed by atoms with Gasteiger partial charge in [-0.25, -0.2) is 4.79 Å².